The van der Waals surface area contributed by atoms with Gasteiger partial charge in [-0.05, 0) is 6.42 Å². The van der Waals surface area contributed by atoms with Crippen LogP contribution in [0.15, 0.2) is 0 Å². The molecule has 0 aliphatic heterocycles. The second-order valence-electron chi connectivity index (χ2n) is 4.62. The Labute approximate surface area is 91.9 Å². The van der Waals surface area contributed by atoms with E-state index in [-0.39, 0.29) is 24.0 Å². The first-order valence-corrected chi connectivity index (χ1v) is 4.29. The maximum Gasteiger partial charge on any atom is 0.133 e. The van der Waals surface area contributed by atoms with Crippen LogP contribution in [0, 0.1) is 5.92 Å². The summed E-state index contributed by atoms with van der Waals surface area (Å²) in [5, 5.41) is 0. The molecule has 0 radical (unpaired) electrons. The summed E-state index contributed by atoms with van der Waals surface area (Å²) in [5.41, 5.74) is 0. The summed E-state index contributed by atoms with van der Waals surface area (Å²) in [6.07, 6.45) is 2.77. The van der Waals surface area contributed by atoms with Crippen molar-refractivity contribution in [2.45, 2.75) is 19.3 Å². The Morgan fingerprint density at radius 2 is 2.00 bits per heavy atom. The van der Waals surface area contributed by atoms with Gasteiger partial charge in [0.05, 0.1) is 27.7 Å². The highest BCUT2D eigenvalue weighted by Gasteiger charge is 2.26. The molecule has 1 atom stereocenters. The van der Waals surface area contributed by atoms with Crippen molar-refractivity contribution in [3.8, 4) is 0 Å². The fraction of sp³-hybridized carbons (Fsp3) is 0.889. The molecule has 0 aromatic carbocycles. The zero-order valence-corrected chi connectivity index (χ0v) is 10.3. The first-order chi connectivity index (χ1) is 4.97. The fourth-order valence-electron chi connectivity index (χ4n) is 1.82. The minimum atomic E-state index is 0. The monoisotopic (exact) mass is 283 g/mol. The summed E-state index contributed by atoms with van der Waals surface area (Å²) in [4.78, 5) is 10.9. The molecule has 0 saturated heterocycles. The third-order valence-corrected chi connectivity index (χ3v) is 2.15. The van der Waals surface area contributed by atoms with Crippen LogP contribution in [0.25, 0.3) is 0 Å². The van der Waals surface area contributed by atoms with Gasteiger partial charge in [0.25, 0.3) is 0 Å². The molecule has 1 aliphatic rings. The third kappa shape index (κ3) is 4.40. The highest BCUT2D eigenvalue weighted by Crippen LogP contribution is 2.23. The van der Waals surface area contributed by atoms with Gasteiger partial charge < -0.3 is 28.5 Å². The van der Waals surface area contributed by atoms with Gasteiger partial charge in [0.15, 0.2) is 0 Å². The second kappa shape index (κ2) is 4.56. The van der Waals surface area contributed by atoms with Crippen LogP contribution in [0.4, 0.5) is 0 Å². The molecule has 1 saturated carbocycles. The molecule has 0 aromatic rings. The summed E-state index contributed by atoms with van der Waals surface area (Å²) >= 11 is 0. The number of halogens is 1. The van der Waals surface area contributed by atoms with E-state index in [2.05, 4.69) is 21.1 Å². The van der Waals surface area contributed by atoms with Gasteiger partial charge in [0.2, 0.25) is 0 Å². The Kier molecular flexibility index (Phi) is 4.69. The van der Waals surface area contributed by atoms with Crippen LogP contribution in [-0.4, -0.2) is 38.0 Å². The SMILES string of the molecule is C[N+](C)(C)C[C@H]1CCC(=O)C1.[I-]. The molecule has 0 amide bonds. The quantitative estimate of drug-likeness (QED) is 0.426. The van der Waals surface area contributed by atoms with E-state index < -0.39 is 0 Å². The maximum absolute atomic E-state index is 10.9. The van der Waals surface area contributed by atoms with Crippen LogP contribution in [-0.2, 0) is 4.79 Å². The van der Waals surface area contributed by atoms with E-state index in [1.54, 1.807) is 0 Å². The van der Waals surface area contributed by atoms with Gasteiger partial charge in [-0.15, -0.1) is 0 Å². The molecule has 0 spiro atoms. The molecule has 0 heterocycles. The average Bonchev–Trinajstić information content (AvgIpc) is 2.10. The van der Waals surface area contributed by atoms with Gasteiger partial charge in [-0.3, -0.25) is 4.79 Å². The molecule has 12 heavy (non-hydrogen) atoms. The van der Waals surface area contributed by atoms with Crippen molar-refractivity contribution in [1.29, 1.82) is 0 Å². The molecule has 0 unspecified atom stereocenters. The van der Waals surface area contributed by atoms with E-state index in [1.165, 1.54) is 0 Å². The van der Waals surface area contributed by atoms with Crippen LogP contribution in [0.5, 0.6) is 0 Å². The Morgan fingerprint density at radius 1 is 1.42 bits per heavy atom. The van der Waals surface area contributed by atoms with Crippen molar-refractivity contribution in [1.82, 2.24) is 0 Å². The Morgan fingerprint density at radius 3 is 2.33 bits per heavy atom. The number of nitrogens with zero attached hydrogens (tertiary/aromatic N) is 1. The molecule has 72 valence electrons. The van der Waals surface area contributed by atoms with Crippen molar-refractivity contribution in [2.24, 2.45) is 5.92 Å². The van der Waals surface area contributed by atoms with Crippen LogP contribution in [0.2, 0.25) is 0 Å². The van der Waals surface area contributed by atoms with Crippen molar-refractivity contribution in [2.75, 3.05) is 27.7 Å². The van der Waals surface area contributed by atoms with Crippen LogP contribution >= 0.6 is 0 Å². The van der Waals surface area contributed by atoms with E-state index in [1.807, 2.05) is 0 Å². The molecule has 0 N–H and O–H groups in total. The number of hydrogen-bond donors (Lipinski definition) is 0. The number of rotatable bonds is 2. The topological polar surface area (TPSA) is 17.1 Å². The molecule has 2 nitrogen and oxygen atoms in total. The van der Waals surface area contributed by atoms with Crippen molar-refractivity contribution < 1.29 is 33.3 Å². The molecule has 1 fully saturated rings. The van der Waals surface area contributed by atoms with Gasteiger partial charge >= 0.3 is 0 Å². The van der Waals surface area contributed by atoms with Gasteiger partial charge in [-0.1, -0.05) is 0 Å². The molecule has 0 aromatic heterocycles. The van der Waals surface area contributed by atoms with Gasteiger partial charge in [0.1, 0.15) is 5.78 Å². The average molecular weight is 283 g/mol. The third-order valence-electron chi connectivity index (χ3n) is 2.15. The summed E-state index contributed by atoms with van der Waals surface area (Å²) in [7, 11) is 6.55. The minimum absolute atomic E-state index is 0. The van der Waals surface area contributed by atoms with Crippen molar-refractivity contribution >= 4 is 5.78 Å². The van der Waals surface area contributed by atoms with E-state index in [0.717, 1.165) is 30.3 Å². The summed E-state index contributed by atoms with van der Waals surface area (Å²) in [6, 6.07) is 0. The zero-order valence-electron chi connectivity index (χ0n) is 8.14. The molecular formula is C9H18INO. The Balaban J connectivity index is 0.00000121. The van der Waals surface area contributed by atoms with Crippen molar-refractivity contribution in [3.05, 3.63) is 0 Å². The maximum atomic E-state index is 10.9. The summed E-state index contributed by atoms with van der Waals surface area (Å²) in [5.74, 6) is 1.12. The molecule has 1 rings (SSSR count). The Hall–Kier alpha value is 0.360. The van der Waals surface area contributed by atoms with E-state index in [0.29, 0.717) is 11.7 Å². The van der Waals surface area contributed by atoms with Gasteiger partial charge in [-0.2, -0.15) is 0 Å². The fourth-order valence-corrected chi connectivity index (χ4v) is 1.82. The lowest BCUT2D eigenvalue weighted by molar-refractivity contribution is -0.873. The van der Waals surface area contributed by atoms with Crippen LogP contribution in [0.1, 0.15) is 19.3 Å². The number of carbonyl (C=O) groups excluding carboxylic acids is 1. The van der Waals surface area contributed by atoms with Crippen molar-refractivity contribution in [3.63, 3.8) is 0 Å². The summed E-state index contributed by atoms with van der Waals surface area (Å²) < 4.78 is 0.984. The lowest BCUT2D eigenvalue weighted by Crippen LogP contribution is -3.00. The van der Waals surface area contributed by atoms with E-state index in [9.17, 15) is 4.79 Å². The normalized spacial score (nSPS) is 23.9. The highest BCUT2D eigenvalue weighted by molar-refractivity contribution is 5.80. The predicted molar refractivity (Wildman–Crippen MR) is 45.2 cm³/mol. The first-order valence-electron chi connectivity index (χ1n) is 4.29. The molecule has 0 bridgehead atoms. The number of hydrogen-bond acceptors (Lipinski definition) is 1. The Bertz CT molecular complexity index is 162. The molecule has 1 aliphatic carbocycles. The lowest BCUT2D eigenvalue weighted by atomic mass is 10.1. The number of quaternary nitrogens is 1. The standard InChI is InChI=1S/C9H18NO.HI/c1-10(2,3)7-8-4-5-9(11)6-8;/h8H,4-7H2,1-3H3;1H/q+1;/p-1/t8-;/m0./s1. The van der Waals surface area contributed by atoms with Crippen LogP contribution in [0.3, 0.4) is 0 Å². The van der Waals surface area contributed by atoms with Gasteiger partial charge in [-0.25, -0.2) is 0 Å². The summed E-state index contributed by atoms with van der Waals surface area (Å²) in [6.45, 7) is 1.14. The largest absolute Gasteiger partial charge is 1.00 e. The zero-order chi connectivity index (χ0) is 8.48. The first kappa shape index (κ1) is 12.4. The van der Waals surface area contributed by atoms with Gasteiger partial charge in [0, 0.05) is 18.8 Å². The lowest BCUT2D eigenvalue weighted by Gasteiger charge is -2.26. The van der Waals surface area contributed by atoms with E-state index in [4.69, 9.17) is 0 Å². The number of carbonyl (C=O) groups is 1. The predicted octanol–water partition coefficient (Wildman–Crippen LogP) is -1.93. The molecule has 3 heteroatoms. The number of ketones is 1. The van der Waals surface area contributed by atoms with Crippen LogP contribution < -0.4 is 24.0 Å². The smallest absolute Gasteiger partial charge is 0.133 e. The number of Topliss-reactive ketones (excluding diaryl/α,β-unsaturated/α-hetero) is 1. The van der Waals surface area contributed by atoms with E-state index >= 15 is 0 Å². The second-order valence-corrected chi connectivity index (χ2v) is 4.62. The highest BCUT2D eigenvalue weighted by atomic mass is 127. The minimum Gasteiger partial charge on any atom is -1.00 e. The molecular weight excluding hydrogens is 265 g/mol.